The van der Waals surface area contributed by atoms with Crippen LogP contribution < -0.4 is 11.5 Å². The molecule has 0 aliphatic heterocycles. The third-order valence-corrected chi connectivity index (χ3v) is 3.87. The fraction of sp³-hybridized carbons (Fsp3) is 0.0769. The van der Waals surface area contributed by atoms with E-state index in [-0.39, 0.29) is 0 Å². The van der Waals surface area contributed by atoms with E-state index in [2.05, 4.69) is 11.1 Å². The first-order chi connectivity index (χ1) is 9.10. The number of aryl methyl sites for hydroxylation is 1. The first kappa shape index (κ1) is 11.6. The van der Waals surface area contributed by atoms with Crippen LogP contribution in [0.4, 0.5) is 5.00 Å². The van der Waals surface area contributed by atoms with E-state index in [1.807, 2.05) is 13.0 Å². The van der Waals surface area contributed by atoms with Gasteiger partial charge in [-0.1, -0.05) is 6.07 Å². The highest BCUT2D eigenvalue weighted by atomic mass is 32.1. The minimum atomic E-state index is -0.491. The Kier molecular flexibility index (Phi) is 2.44. The summed E-state index contributed by atoms with van der Waals surface area (Å²) in [5.41, 5.74) is 9.01. The number of oxazole rings is 1. The zero-order valence-electron chi connectivity index (χ0n) is 9.98. The lowest BCUT2D eigenvalue weighted by Gasteiger charge is -2.01. The summed E-state index contributed by atoms with van der Waals surface area (Å²) in [5.74, 6) is -0.491. The molecule has 0 fully saturated rings. The van der Waals surface area contributed by atoms with Crippen molar-refractivity contribution in [3.05, 3.63) is 39.2 Å². The number of fused-ring (bicyclic) bond motifs is 1. The summed E-state index contributed by atoms with van der Waals surface area (Å²) in [5, 5.41) is 9.69. The highest BCUT2D eigenvalue weighted by molar-refractivity contribution is 7.16. The number of aromatic amines is 1. The quantitative estimate of drug-likeness (QED) is 0.711. The zero-order chi connectivity index (χ0) is 13.6. The van der Waals surface area contributed by atoms with E-state index >= 15 is 0 Å². The molecular weight excluding hydrogens is 262 g/mol. The van der Waals surface area contributed by atoms with Gasteiger partial charge in [0.15, 0.2) is 5.58 Å². The average Bonchev–Trinajstić information content (AvgIpc) is 2.86. The minimum absolute atomic E-state index is 0.468. The van der Waals surface area contributed by atoms with Gasteiger partial charge in [0.25, 0.3) is 0 Å². The number of hydrogen-bond acceptors (Lipinski definition) is 5. The van der Waals surface area contributed by atoms with Gasteiger partial charge in [-0.2, -0.15) is 5.26 Å². The van der Waals surface area contributed by atoms with Gasteiger partial charge in [-0.25, -0.2) is 4.79 Å². The van der Waals surface area contributed by atoms with E-state index in [4.69, 9.17) is 10.2 Å². The molecule has 0 atom stereocenters. The van der Waals surface area contributed by atoms with Crippen LogP contribution in [0.25, 0.3) is 22.2 Å². The molecule has 3 rings (SSSR count). The number of nitrogens with zero attached hydrogens (tertiary/aromatic N) is 1. The van der Waals surface area contributed by atoms with E-state index in [0.717, 1.165) is 16.0 Å². The normalized spacial score (nSPS) is 10.7. The number of nitriles is 1. The Morgan fingerprint density at radius 2 is 2.26 bits per heavy atom. The number of benzene rings is 1. The van der Waals surface area contributed by atoms with Crippen LogP contribution in [0.15, 0.2) is 27.4 Å². The van der Waals surface area contributed by atoms with Crippen molar-refractivity contribution in [1.82, 2.24) is 4.98 Å². The van der Waals surface area contributed by atoms with Gasteiger partial charge in [0.05, 0.1) is 11.1 Å². The Labute approximate surface area is 111 Å². The van der Waals surface area contributed by atoms with E-state index in [9.17, 15) is 10.1 Å². The number of nitrogens with one attached hydrogen (secondary N) is 1. The third-order valence-electron chi connectivity index (χ3n) is 2.93. The van der Waals surface area contributed by atoms with E-state index in [1.54, 1.807) is 12.1 Å². The predicted octanol–water partition coefficient (Wildman–Crippen LogP) is 2.61. The number of hydrogen-bond donors (Lipinski definition) is 2. The smallest absolute Gasteiger partial charge is 0.408 e. The number of nitrogen functional groups attached to an aromatic ring is 1. The summed E-state index contributed by atoms with van der Waals surface area (Å²) in [4.78, 5) is 14.7. The summed E-state index contributed by atoms with van der Waals surface area (Å²) < 4.78 is 5.03. The van der Waals surface area contributed by atoms with E-state index < -0.39 is 5.76 Å². The molecule has 5 nitrogen and oxygen atoms in total. The molecule has 2 heterocycles. The number of nitrogens with two attached hydrogens (primary N) is 1. The average molecular weight is 271 g/mol. The molecule has 0 spiro atoms. The molecule has 0 aliphatic rings. The van der Waals surface area contributed by atoms with Crippen molar-refractivity contribution in [2.24, 2.45) is 0 Å². The Hall–Kier alpha value is -2.52. The molecule has 0 aliphatic carbocycles. The van der Waals surface area contributed by atoms with Crippen molar-refractivity contribution in [3.63, 3.8) is 0 Å². The topological polar surface area (TPSA) is 95.8 Å². The number of H-pyrrole nitrogens is 1. The number of anilines is 1. The molecule has 6 heteroatoms. The molecule has 0 bridgehead atoms. The Morgan fingerprint density at radius 1 is 1.47 bits per heavy atom. The SMILES string of the molecule is Cc1sc(N)c(C#N)c1-c1ccc2[nH]c(=O)oc2c1. The molecule has 0 saturated carbocycles. The highest BCUT2D eigenvalue weighted by Gasteiger charge is 2.16. The van der Waals surface area contributed by atoms with Crippen LogP contribution in [0.2, 0.25) is 0 Å². The lowest BCUT2D eigenvalue weighted by molar-refractivity contribution is 0.555. The maximum absolute atomic E-state index is 11.1. The molecule has 2 aromatic heterocycles. The van der Waals surface area contributed by atoms with Crippen LogP contribution >= 0.6 is 11.3 Å². The second kappa shape index (κ2) is 4.00. The van der Waals surface area contributed by atoms with Crippen molar-refractivity contribution in [3.8, 4) is 17.2 Å². The summed E-state index contributed by atoms with van der Waals surface area (Å²) in [7, 11) is 0. The highest BCUT2D eigenvalue weighted by Crippen LogP contribution is 2.38. The van der Waals surface area contributed by atoms with Gasteiger partial charge in [-0.3, -0.25) is 4.98 Å². The molecule has 0 radical (unpaired) electrons. The zero-order valence-corrected chi connectivity index (χ0v) is 10.8. The van der Waals surface area contributed by atoms with Crippen LogP contribution in [0, 0.1) is 18.3 Å². The van der Waals surface area contributed by atoms with Crippen molar-refractivity contribution in [1.29, 1.82) is 5.26 Å². The Bertz CT molecular complexity index is 880. The molecule has 3 N–H and O–H groups in total. The monoisotopic (exact) mass is 271 g/mol. The second-order valence-corrected chi connectivity index (χ2v) is 5.37. The van der Waals surface area contributed by atoms with Crippen molar-refractivity contribution in [2.45, 2.75) is 6.92 Å². The first-order valence-electron chi connectivity index (χ1n) is 5.52. The predicted molar refractivity (Wildman–Crippen MR) is 74.0 cm³/mol. The molecular formula is C13H9N3O2S. The standard InChI is InChI=1S/C13H9N3O2S/c1-6-11(8(5-14)12(15)19-6)7-2-3-9-10(4-7)18-13(17)16-9/h2-4H,15H2,1H3,(H,16,17). The largest absolute Gasteiger partial charge is 0.417 e. The molecule has 0 saturated heterocycles. The maximum Gasteiger partial charge on any atom is 0.417 e. The van der Waals surface area contributed by atoms with Crippen molar-refractivity contribution >= 4 is 27.4 Å². The van der Waals surface area contributed by atoms with Crippen LogP contribution in [-0.2, 0) is 0 Å². The summed E-state index contributed by atoms with van der Waals surface area (Å²) in [6.07, 6.45) is 0. The van der Waals surface area contributed by atoms with Crippen LogP contribution in [-0.4, -0.2) is 4.98 Å². The third kappa shape index (κ3) is 1.72. The van der Waals surface area contributed by atoms with Gasteiger partial charge in [0.1, 0.15) is 11.1 Å². The van der Waals surface area contributed by atoms with Crippen molar-refractivity contribution < 1.29 is 4.42 Å². The Balaban J connectivity index is 2.30. The lowest BCUT2D eigenvalue weighted by atomic mass is 10.0. The van der Waals surface area contributed by atoms with Crippen molar-refractivity contribution in [2.75, 3.05) is 5.73 Å². The van der Waals surface area contributed by atoms with Crippen LogP contribution in [0.1, 0.15) is 10.4 Å². The second-order valence-electron chi connectivity index (χ2n) is 4.11. The van der Waals surface area contributed by atoms with Gasteiger partial charge in [0, 0.05) is 10.4 Å². The fourth-order valence-electron chi connectivity index (χ4n) is 2.13. The molecule has 0 amide bonds. The molecule has 3 aromatic rings. The van der Waals surface area contributed by atoms with Crippen LogP contribution in [0.3, 0.4) is 0 Å². The molecule has 94 valence electrons. The minimum Gasteiger partial charge on any atom is -0.408 e. The van der Waals surface area contributed by atoms with Crippen LogP contribution in [0.5, 0.6) is 0 Å². The first-order valence-corrected chi connectivity index (χ1v) is 6.34. The van der Waals surface area contributed by atoms with Gasteiger partial charge in [-0.05, 0) is 24.6 Å². The number of thiophene rings is 1. The molecule has 19 heavy (non-hydrogen) atoms. The van der Waals surface area contributed by atoms with Gasteiger partial charge >= 0.3 is 5.76 Å². The summed E-state index contributed by atoms with van der Waals surface area (Å²) in [6, 6.07) is 7.45. The van der Waals surface area contributed by atoms with Gasteiger partial charge < -0.3 is 10.2 Å². The maximum atomic E-state index is 11.1. The lowest BCUT2D eigenvalue weighted by Crippen LogP contribution is -1.92. The van der Waals surface area contributed by atoms with Gasteiger partial charge in [0.2, 0.25) is 0 Å². The molecule has 0 unspecified atom stereocenters. The summed E-state index contributed by atoms with van der Waals surface area (Å²) >= 11 is 1.38. The van der Waals surface area contributed by atoms with E-state index in [1.165, 1.54) is 11.3 Å². The summed E-state index contributed by atoms with van der Waals surface area (Å²) in [6.45, 7) is 1.91. The van der Waals surface area contributed by atoms with E-state index in [0.29, 0.717) is 21.7 Å². The number of rotatable bonds is 1. The fourth-order valence-corrected chi connectivity index (χ4v) is 3.03. The molecule has 1 aromatic carbocycles. The van der Waals surface area contributed by atoms with Gasteiger partial charge in [-0.15, -0.1) is 11.3 Å². The Morgan fingerprint density at radius 3 is 3.00 bits per heavy atom. The number of aromatic nitrogens is 1.